The highest BCUT2D eigenvalue weighted by Crippen LogP contribution is 2.45. The fraction of sp³-hybridized carbons (Fsp3) is 0.250. The molecule has 0 spiro atoms. The number of aliphatic hydroxyl groups excluding tert-OH is 1. The van der Waals surface area contributed by atoms with Crippen molar-refractivity contribution in [2.45, 2.75) is 39.8 Å². The standard InChI is InChI=1S/C24H27O6P/c1-18(2)30-31(26,27)29-17-21-7-4-8-23(14-21)22-9-11-24(12-10-22)28-16-20-6-3-5-19(13-20)15-25/h3-14,18,25H,15-17H2,1-2H3,(H,26,27). The van der Waals surface area contributed by atoms with E-state index in [4.69, 9.17) is 13.8 Å². The number of phosphoric acid groups is 1. The minimum atomic E-state index is -4.08. The van der Waals surface area contributed by atoms with Gasteiger partial charge in [0.2, 0.25) is 0 Å². The van der Waals surface area contributed by atoms with Crippen molar-refractivity contribution in [2.75, 3.05) is 0 Å². The number of aliphatic hydroxyl groups is 1. The van der Waals surface area contributed by atoms with Crippen molar-refractivity contribution in [1.82, 2.24) is 0 Å². The molecule has 3 rings (SSSR count). The lowest BCUT2D eigenvalue weighted by atomic mass is 10.0. The molecule has 3 aromatic carbocycles. The molecule has 0 saturated carbocycles. The van der Waals surface area contributed by atoms with E-state index in [2.05, 4.69) is 0 Å². The quantitative estimate of drug-likeness (QED) is 0.405. The molecule has 6 nitrogen and oxygen atoms in total. The fourth-order valence-electron chi connectivity index (χ4n) is 3.02. The molecular weight excluding hydrogens is 415 g/mol. The van der Waals surface area contributed by atoms with Crippen LogP contribution < -0.4 is 4.74 Å². The number of phosphoric ester groups is 1. The van der Waals surface area contributed by atoms with Gasteiger partial charge < -0.3 is 14.7 Å². The first-order valence-electron chi connectivity index (χ1n) is 10.0. The summed E-state index contributed by atoms with van der Waals surface area (Å²) in [5.41, 5.74) is 4.56. The topological polar surface area (TPSA) is 85.2 Å². The van der Waals surface area contributed by atoms with Crippen LogP contribution in [-0.4, -0.2) is 16.1 Å². The van der Waals surface area contributed by atoms with Gasteiger partial charge in [0.05, 0.1) is 19.3 Å². The summed E-state index contributed by atoms with van der Waals surface area (Å²) in [5, 5.41) is 9.23. The highest BCUT2D eigenvalue weighted by atomic mass is 31.2. The summed E-state index contributed by atoms with van der Waals surface area (Å²) in [7, 11) is -4.08. The normalized spacial score (nSPS) is 13.2. The molecule has 1 atom stereocenters. The summed E-state index contributed by atoms with van der Waals surface area (Å²) in [4.78, 5) is 9.71. The average Bonchev–Trinajstić information content (AvgIpc) is 2.76. The Morgan fingerprint density at radius 2 is 1.48 bits per heavy atom. The maximum atomic E-state index is 11.9. The van der Waals surface area contributed by atoms with Crippen LogP contribution in [0.1, 0.15) is 30.5 Å². The molecule has 0 fully saturated rings. The number of benzene rings is 3. The summed E-state index contributed by atoms with van der Waals surface area (Å²) in [6.07, 6.45) is -0.401. The van der Waals surface area contributed by atoms with E-state index in [1.807, 2.05) is 72.8 Å². The molecule has 0 aliphatic carbocycles. The van der Waals surface area contributed by atoms with Crippen LogP contribution in [0.3, 0.4) is 0 Å². The molecule has 0 aromatic heterocycles. The predicted molar refractivity (Wildman–Crippen MR) is 119 cm³/mol. The third kappa shape index (κ3) is 7.31. The van der Waals surface area contributed by atoms with Gasteiger partial charge in [-0.1, -0.05) is 54.6 Å². The lowest BCUT2D eigenvalue weighted by Crippen LogP contribution is -2.03. The summed E-state index contributed by atoms with van der Waals surface area (Å²) in [6.45, 7) is 3.74. The van der Waals surface area contributed by atoms with Crippen molar-refractivity contribution in [3.63, 3.8) is 0 Å². The van der Waals surface area contributed by atoms with Crippen LogP contribution in [0.5, 0.6) is 5.75 Å². The zero-order valence-corrected chi connectivity index (χ0v) is 18.5. The Morgan fingerprint density at radius 3 is 2.16 bits per heavy atom. The molecule has 0 heterocycles. The van der Waals surface area contributed by atoms with Crippen molar-refractivity contribution in [3.05, 3.63) is 89.5 Å². The van der Waals surface area contributed by atoms with E-state index in [9.17, 15) is 14.6 Å². The van der Waals surface area contributed by atoms with E-state index in [0.717, 1.165) is 33.6 Å². The molecule has 0 amide bonds. The van der Waals surface area contributed by atoms with Gasteiger partial charge in [-0.15, -0.1) is 0 Å². The summed E-state index contributed by atoms with van der Waals surface area (Å²) >= 11 is 0. The van der Waals surface area contributed by atoms with Crippen molar-refractivity contribution in [3.8, 4) is 16.9 Å². The Balaban J connectivity index is 1.61. The smallest absolute Gasteiger partial charge is 0.472 e. The van der Waals surface area contributed by atoms with Gasteiger partial charge in [-0.2, -0.15) is 0 Å². The van der Waals surface area contributed by atoms with Crippen LogP contribution in [0.4, 0.5) is 0 Å². The molecule has 2 N–H and O–H groups in total. The van der Waals surface area contributed by atoms with Gasteiger partial charge in [-0.3, -0.25) is 9.05 Å². The molecule has 0 aliphatic rings. The van der Waals surface area contributed by atoms with Crippen molar-refractivity contribution < 1.29 is 28.3 Å². The van der Waals surface area contributed by atoms with E-state index in [-0.39, 0.29) is 13.2 Å². The average molecular weight is 442 g/mol. The Hall–Kier alpha value is -2.47. The Morgan fingerprint density at radius 1 is 0.839 bits per heavy atom. The Kier molecular flexibility index (Phi) is 8.02. The summed E-state index contributed by atoms with van der Waals surface area (Å²) in [6, 6.07) is 22.9. The molecule has 7 heteroatoms. The van der Waals surface area contributed by atoms with E-state index >= 15 is 0 Å². The first-order chi connectivity index (χ1) is 14.8. The third-order valence-electron chi connectivity index (χ3n) is 4.43. The van der Waals surface area contributed by atoms with Gasteiger partial charge >= 0.3 is 7.82 Å². The highest BCUT2D eigenvalue weighted by Gasteiger charge is 2.22. The van der Waals surface area contributed by atoms with Crippen molar-refractivity contribution in [2.24, 2.45) is 0 Å². The van der Waals surface area contributed by atoms with E-state index < -0.39 is 13.9 Å². The van der Waals surface area contributed by atoms with Crippen LogP contribution in [0.25, 0.3) is 11.1 Å². The number of rotatable bonds is 10. The van der Waals surface area contributed by atoms with Crippen molar-refractivity contribution in [1.29, 1.82) is 0 Å². The largest absolute Gasteiger partial charge is 0.489 e. The molecule has 31 heavy (non-hydrogen) atoms. The lowest BCUT2D eigenvalue weighted by molar-refractivity contribution is 0.116. The van der Waals surface area contributed by atoms with Crippen LogP contribution in [0, 0.1) is 0 Å². The second-order valence-electron chi connectivity index (χ2n) is 7.39. The SMILES string of the molecule is CC(C)OP(=O)(O)OCc1cccc(-c2ccc(OCc3cccc(CO)c3)cc2)c1. The fourth-order valence-corrected chi connectivity index (χ4v) is 3.93. The highest BCUT2D eigenvalue weighted by molar-refractivity contribution is 7.47. The first kappa shape index (κ1) is 23.2. The van der Waals surface area contributed by atoms with E-state index in [1.165, 1.54) is 0 Å². The zero-order chi connectivity index (χ0) is 22.3. The van der Waals surface area contributed by atoms with Gasteiger partial charge in [0.25, 0.3) is 0 Å². The molecule has 164 valence electrons. The first-order valence-corrected chi connectivity index (χ1v) is 11.5. The maximum absolute atomic E-state index is 11.9. The molecule has 0 aliphatic heterocycles. The zero-order valence-electron chi connectivity index (χ0n) is 17.6. The van der Waals surface area contributed by atoms with Gasteiger partial charge in [0, 0.05) is 0 Å². The van der Waals surface area contributed by atoms with E-state index in [0.29, 0.717) is 6.61 Å². The van der Waals surface area contributed by atoms with Crippen LogP contribution in [-0.2, 0) is 33.4 Å². The molecule has 0 radical (unpaired) electrons. The van der Waals surface area contributed by atoms with Crippen LogP contribution >= 0.6 is 7.82 Å². The van der Waals surface area contributed by atoms with Crippen molar-refractivity contribution >= 4 is 7.82 Å². The van der Waals surface area contributed by atoms with Gasteiger partial charge in [0.1, 0.15) is 12.4 Å². The molecular formula is C24H27O6P. The molecule has 0 saturated heterocycles. The summed E-state index contributed by atoms with van der Waals surface area (Å²) < 4.78 is 27.7. The molecule has 1 unspecified atom stereocenters. The second-order valence-corrected chi connectivity index (χ2v) is 8.79. The molecule has 0 bridgehead atoms. The Bertz CT molecular complexity index is 1030. The van der Waals surface area contributed by atoms with Crippen LogP contribution in [0.2, 0.25) is 0 Å². The monoisotopic (exact) mass is 442 g/mol. The Labute approximate surface area is 182 Å². The number of hydrogen-bond acceptors (Lipinski definition) is 5. The second kappa shape index (κ2) is 10.7. The summed E-state index contributed by atoms with van der Waals surface area (Å²) in [5.74, 6) is 0.740. The van der Waals surface area contributed by atoms with E-state index in [1.54, 1.807) is 13.8 Å². The van der Waals surface area contributed by atoms with Gasteiger partial charge in [-0.25, -0.2) is 4.57 Å². The maximum Gasteiger partial charge on any atom is 0.472 e. The lowest BCUT2D eigenvalue weighted by Gasteiger charge is -2.14. The third-order valence-corrected chi connectivity index (χ3v) is 5.58. The van der Waals surface area contributed by atoms with Gasteiger partial charge in [-0.05, 0) is 59.9 Å². The number of ether oxygens (including phenoxy) is 1. The minimum Gasteiger partial charge on any atom is -0.489 e. The van der Waals surface area contributed by atoms with Gasteiger partial charge in [0.15, 0.2) is 0 Å². The number of hydrogen-bond donors (Lipinski definition) is 2. The molecule has 3 aromatic rings. The minimum absolute atomic E-state index is 0.00719. The van der Waals surface area contributed by atoms with Crippen LogP contribution in [0.15, 0.2) is 72.8 Å². The predicted octanol–water partition coefficient (Wildman–Crippen LogP) is 5.47.